The maximum atomic E-state index is 14.1. The van der Waals surface area contributed by atoms with Crippen LogP contribution in [0.5, 0.6) is 0 Å². The molecule has 0 aromatic rings. The fourth-order valence-corrected chi connectivity index (χ4v) is 8.68. The van der Waals surface area contributed by atoms with Crippen LogP contribution in [-0.4, -0.2) is 62.1 Å². The Kier molecular flexibility index (Phi) is 7.85. The van der Waals surface area contributed by atoms with E-state index >= 15 is 0 Å². The van der Waals surface area contributed by atoms with Gasteiger partial charge in [0.15, 0.2) is 0 Å². The van der Waals surface area contributed by atoms with Crippen LogP contribution in [0.3, 0.4) is 0 Å². The van der Waals surface area contributed by atoms with E-state index in [1.165, 1.54) is 0 Å². The van der Waals surface area contributed by atoms with Crippen molar-refractivity contribution in [2.24, 2.45) is 39.9 Å². The minimum atomic E-state index is -0.807. The fourth-order valence-electron chi connectivity index (χ4n) is 8.68. The van der Waals surface area contributed by atoms with Gasteiger partial charge in [-0.1, -0.05) is 27.7 Å². The molecule has 1 aliphatic heterocycles. The molecule has 2 amide bonds. The number of ether oxygens (including phenoxy) is 2. The van der Waals surface area contributed by atoms with Crippen LogP contribution in [0.15, 0.2) is 0 Å². The summed E-state index contributed by atoms with van der Waals surface area (Å²) in [5.74, 6) is 2.61. The number of nitrogens with zero attached hydrogens (tertiary/aromatic N) is 1. The van der Waals surface area contributed by atoms with Gasteiger partial charge in [0, 0.05) is 42.1 Å². The number of ketones is 1. The van der Waals surface area contributed by atoms with E-state index in [1.807, 2.05) is 14.0 Å². The quantitative estimate of drug-likeness (QED) is 0.559. The fraction of sp³-hybridized carbons (Fsp3) is 0.833. The van der Waals surface area contributed by atoms with E-state index in [4.69, 9.17) is 15.9 Å². The maximum absolute atomic E-state index is 14.1. The van der Waals surface area contributed by atoms with E-state index in [9.17, 15) is 14.4 Å². The van der Waals surface area contributed by atoms with E-state index in [0.29, 0.717) is 12.8 Å². The van der Waals surface area contributed by atoms with Crippen molar-refractivity contribution in [3.63, 3.8) is 0 Å². The minimum Gasteiger partial charge on any atom is -0.445 e. The van der Waals surface area contributed by atoms with Crippen molar-refractivity contribution in [3.05, 3.63) is 0 Å². The zero-order valence-electron chi connectivity index (χ0n) is 23.6. The predicted molar refractivity (Wildman–Crippen MR) is 141 cm³/mol. The molecule has 1 saturated heterocycles. The lowest BCUT2D eigenvalue weighted by Crippen LogP contribution is -2.63. The average molecular weight is 515 g/mol. The zero-order valence-corrected chi connectivity index (χ0v) is 23.6. The number of imide groups is 1. The number of nitrogens with one attached hydrogen (secondary N) is 1. The predicted octanol–water partition coefficient (Wildman–Crippen LogP) is 4.44. The molecule has 4 aliphatic rings. The van der Waals surface area contributed by atoms with Crippen molar-refractivity contribution < 1.29 is 23.9 Å². The topological polar surface area (TPSA) is 84.9 Å². The Morgan fingerprint density at radius 1 is 1.14 bits per heavy atom. The Morgan fingerprint density at radius 3 is 2.41 bits per heavy atom. The first kappa shape index (κ1) is 28.1. The van der Waals surface area contributed by atoms with Gasteiger partial charge in [-0.2, -0.15) is 0 Å². The second-order valence-electron chi connectivity index (χ2n) is 13.0. The molecule has 1 heterocycles. The molecule has 1 N–H and O–H groups in total. The molecular weight excluding hydrogens is 468 g/mol. The number of carbonyl (C=O) groups is 3. The lowest BCUT2D eigenvalue weighted by atomic mass is 9.44. The standard InChI is InChI=1S/C30H46N2O5/c1-8-13-28(4)18-23(37-27(35)31-26(34)21-11-16-32(6)17-12-21)29(5)19(2)9-14-30(20(3)25(28)33)15-10-22(36-7)24(29)30/h1,19-24H,9-18H2,2-7H3,(H,31,34,35)/t19-,20+,22+,23-,24?,28-,29+,30?/m1/s1. The number of amides is 2. The van der Waals surface area contributed by atoms with Crippen LogP contribution >= 0.6 is 0 Å². The highest BCUT2D eigenvalue weighted by Crippen LogP contribution is 2.68. The number of likely N-dealkylation sites (tertiary alicyclic amines) is 1. The van der Waals surface area contributed by atoms with Gasteiger partial charge in [0.25, 0.3) is 0 Å². The van der Waals surface area contributed by atoms with Crippen LogP contribution in [0, 0.1) is 52.3 Å². The van der Waals surface area contributed by atoms with Crippen LogP contribution in [0.1, 0.15) is 79.1 Å². The highest BCUT2D eigenvalue weighted by molar-refractivity contribution is 5.93. The van der Waals surface area contributed by atoms with Crippen molar-refractivity contribution in [1.29, 1.82) is 0 Å². The summed E-state index contributed by atoms with van der Waals surface area (Å²) in [5, 5.41) is 2.54. The van der Waals surface area contributed by atoms with Crippen LogP contribution in [-0.2, 0) is 19.1 Å². The number of hydrogen-bond acceptors (Lipinski definition) is 6. The summed E-state index contributed by atoms with van der Waals surface area (Å²) in [4.78, 5) is 42.5. The average Bonchev–Trinajstić information content (AvgIpc) is 3.26. The zero-order chi connectivity index (χ0) is 27.2. The highest BCUT2D eigenvalue weighted by Gasteiger charge is 2.68. The van der Waals surface area contributed by atoms with E-state index < -0.39 is 23.0 Å². The van der Waals surface area contributed by atoms with Gasteiger partial charge < -0.3 is 14.4 Å². The molecule has 0 radical (unpaired) electrons. The van der Waals surface area contributed by atoms with Crippen LogP contribution in [0.4, 0.5) is 4.79 Å². The van der Waals surface area contributed by atoms with Gasteiger partial charge in [0.1, 0.15) is 11.9 Å². The number of piperidine rings is 1. The van der Waals surface area contributed by atoms with Gasteiger partial charge >= 0.3 is 6.09 Å². The van der Waals surface area contributed by atoms with Gasteiger partial charge in [0.05, 0.1) is 6.10 Å². The lowest BCUT2D eigenvalue weighted by Gasteiger charge is -2.61. The third kappa shape index (κ3) is 4.63. The molecule has 4 fully saturated rings. The number of methoxy groups -OCH3 is 1. The second kappa shape index (κ2) is 10.3. The summed E-state index contributed by atoms with van der Waals surface area (Å²) < 4.78 is 12.3. The van der Waals surface area contributed by atoms with Crippen LogP contribution in [0.2, 0.25) is 0 Å². The Hall–Kier alpha value is -1.91. The van der Waals surface area contributed by atoms with Crippen molar-refractivity contribution >= 4 is 17.8 Å². The molecule has 7 heteroatoms. The van der Waals surface area contributed by atoms with E-state index in [1.54, 1.807) is 7.11 Å². The monoisotopic (exact) mass is 514 g/mol. The summed E-state index contributed by atoms with van der Waals surface area (Å²) in [5.41, 5.74) is -1.44. The summed E-state index contributed by atoms with van der Waals surface area (Å²) in [6.07, 6.45) is 10.3. The van der Waals surface area contributed by atoms with Gasteiger partial charge in [0.2, 0.25) is 5.91 Å². The Morgan fingerprint density at radius 2 is 1.78 bits per heavy atom. The number of alkyl carbamates (subject to hydrolysis) is 1. The summed E-state index contributed by atoms with van der Waals surface area (Å²) in [7, 11) is 3.79. The van der Waals surface area contributed by atoms with Crippen molar-refractivity contribution in [2.75, 3.05) is 27.2 Å². The lowest BCUT2D eigenvalue weighted by molar-refractivity contribution is -0.191. The van der Waals surface area contributed by atoms with Gasteiger partial charge in [-0.15, -0.1) is 12.3 Å². The first-order valence-corrected chi connectivity index (χ1v) is 14.1. The molecule has 4 rings (SSSR count). The van der Waals surface area contributed by atoms with Gasteiger partial charge in [-0.3, -0.25) is 14.9 Å². The molecule has 0 aromatic heterocycles. The van der Waals surface area contributed by atoms with Crippen LogP contribution in [0.25, 0.3) is 0 Å². The Labute approximate surface area is 222 Å². The molecule has 0 aromatic carbocycles. The first-order chi connectivity index (χ1) is 17.4. The third-order valence-electron chi connectivity index (χ3n) is 11.2. The highest BCUT2D eigenvalue weighted by atomic mass is 16.6. The third-order valence-corrected chi connectivity index (χ3v) is 11.2. The summed E-state index contributed by atoms with van der Waals surface area (Å²) in [6.45, 7) is 10.2. The molecular formula is C30H46N2O5. The summed E-state index contributed by atoms with van der Waals surface area (Å²) >= 11 is 0. The SMILES string of the molecule is C#CC[C@]1(C)C[C@@H](OC(=O)NC(=O)C2CCN(C)CC2)[C@@]2(C)C3[C@@H](OC)CCC3(CC[C@H]2C)[C@@H](C)C1=O. The van der Waals surface area contributed by atoms with E-state index in [0.717, 1.165) is 51.6 Å². The molecule has 0 spiro atoms. The molecule has 7 nitrogen and oxygen atoms in total. The number of terminal acetylenes is 1. The molecule has 8 atom stereocenters. The molecule has 3 saturated carbocycles. The van der Waals surface area contributed by atoms with Crippen LogP contribution < -0.4 is 5.32 Å². The van der Waals surface area contributed by atoms with Crippen molar-refractivity contribution in [2.45, 2.75) is 91.3 Å². The molecule has 37 heavy (non-hydrogen) atoms. The maximum Gasteiger partial charge on any atom is 0.414 e. The van der Waals surface area contributed by atoms with Crippen molar-refractivity contribution in [3.8, 4) is 12.3 Å². The molecule has 3 aliphatic carbocycles. The van der Waals surface area contributed by atoms with E-state index in [-0.39, 0.29) is 46.9 Å². The largest absolute Gasteiger partial charge is 0.445 e. The minimum absolute atomic E-state index is 0.00462. The smallest absolute Gasteiger partial charge is 0.414 e. The van der Waals surface area contributed by atoms with E-state index in [2.05, 4.69) is 36.9 Å². The molecule has 206 valence electrons. The second-order valence-corrected chi connectivity index (χ2v) is 13.0. The number of Topliss-reactive ketones (excluding diaryl/α,β-unsaturated/α-hetero) is 1. The summed E-state index contributed by atoms with van der Waals surface area (Å²) in [6, 6.07) is 0. The number of hydrogen-bond donors (Lipinski definition) is 1. The first-order valence-electron chi connectivity index (χ1n) is 14.1. The number of rotatable bonds is 4. The normalized spacial score (nSPS) is 42.7. The molecule has 2 unspecified atom stereocenters. The van der Waals surface area contributed by atoms with Crippen molar-refractivity contribution in [1.82, 2.24) is 10.2 Å². The number of carbonyl (C=O) groups excluding carboxylic acids is 3. The molecule has 2 bridgehead atoms. The Balaban J connectivity index is 1.68. The van der Waals surface area contributed by atoms with Gasteiger partial charge in [-0.25, -0.2) is 4.79 Å². The van der Waals surface area contributed by atoms with Gasteiger partial charge in [-0.05, 0) is 76.4 Å². The Bertz CT molecular complexity index is 952.